The molecule has 1 amide bonds. The van der Waals surface area contributed by atoms with Gasteiger partial charge in [-0.3, -0.25) is 9.69 Å². The fourth-order valence-electron chi connectivity index (χ4n) is 4.67. The molecule has 0 aromatic heterocycles. The lowest BCUT2D eigenvalue weighted by Crippen LogP contribution is -2.47. The number of halogens is 1. The molecule has 0 spiro atoms. The van der Waals surface area contributed by atoms with Crippen molar-refractivity contribution in [3.05, 3.63) is 59.6 Å². The second-order valence-electron chi connectivity index (χ2n) is 9.08. The molecule has 0 saturated carbocycles. The Bertz CT molecular complexity index is 1370. The normalized spacial score (nSPS) is 16.5. The summed E-state index contributed by atoms with van der Waals surface area (Å²) in [7, 11) is -3.56. The highest BCUT2D eigenvalue weighted by Crippen LogP contribution is 2.38. The van der Waals surface area contributed by atoms with Crippen LogP contribution in [0.2, 0.25) is 5.02 Å². The number of hydrogen-bond acceptors (Lipinski definition) is 6. The third kappa shape index (κ3) is 5.59. The van der Waals surface area contributed by atoms with Crippen LogP contribution in [0.3, 0.4) is 0 Å². The molecule has 0 radical (unpaired) electrons. The van der Waals surface area contributed by atoms with Gasteiger partial charge in [-0.05, 0) is 66.6 Å². The predicted octanol–water partition coefficient (Wildman–Crippen LogP) is 3.70. The lowest BCUT2D eigenvalue weighted by Gasteiger charge is -2.37. The van der Waals surface area contributed by atoms with Crippen LogP contribution in [-0.2, 0) is 14.8 Å². The molecule has 36 heavy (non-hydrogen) atoms. The lowest BCUT2D eigenvalue weighted by molar-refractivity contribution is -0.118. The van der Waals surface area contributed by atoms with E-state index in [1.165, 1.54) is 0 Å². The molecule has 8 nitrogen and oxygen atoms in total. The van der Waals surface area contributed by atoms with E-state index in [1.54, 1.807) is 24.3 Å². The smallest absolute Gasteiger partial charge is 0.262 e. The molecule has 1 saturated heterocycles. The number of carbonyl (C=O) groups excluding carboxylic acids is 1. The zero-order chi connectivity index (χ0) is 25.1. The van der Waals surface area contributed by atoms with Crippen LogP contribution in [0.15, 0.2) is 59.5 Å². The molecular weight excluding hydrogens is 500 g/mol. The minimum absolute atomic E-state index is 0.0451. The fraction of sp³-hybridized carbons (Fsp3) is 0.346. The van der Waals surface area contributed by atoms with Crippen LogP contribution in [0.4, 0.5) is 11.4 Å². The van der Waals surface area contributed by atoms with E-state index in [9.17, 15) is 13.2 Å². The van der Waals surface area contributed by atoms with E-state index in [2.05, 4.69) is 19.8 Å². The Morgan fingerprint density at radius 3 is 2.58 bits per heavy atom. The number of unbranched alkanes of at least 4 members (excludes halogenated alkanes) is 1. The van der Waals surface area contributed by atoms with Gasteiger partial charge in [0.15, 0.2) is 12.4 Å². The summed E-state index contributed by atoms with van der Waals surface area (Å²) >= 11 is 6.01. The van der Waals surface area contributed by atoms with E-state index in [4.69, 9.17) is 16.3 Å². The van der Waals surface area contributed by atoms with E-state index in [-0.39, 0.29) is 17.4 Å². The van der Waals surface area contributed by atoms with Crippen molar-refractivity contribution in [2.75, 3.05) is 56.1 Å². The number of anilines is 2. The summed E-state index contributed by atoms with van der Waals surface area (Å²) < 4.78 is 33.8. The quantitative estimate of drug-likeness (QED) is 0.433. The van der Waals surface area contributed by atoms with Crippen LogP contribution < -0.4 is 19.7 Å². The van der Waals surface area contributed by atoms with Crippen LogP contribution >= 0.6 is 11.6 Å². The van der Waals surface area contributed by atoms with Gasteiger partial charge in [0.05, 0.1) is 16.3 Å². The van der Waals surface area contributed by atoms with Crippen molar-refractivity contribution in [1.82, 2.24) is 9.62 Å². The van der Waals surface area contributed by atoms with E-state index >= 15 is 0 Å². The van der Waals surface area contributed by atoms with Gasteiger partial charge in [0.1, 0.15) is 0 Å². The molecule has 2 aliphatic heterocycles. The number of nitrogens with zero attached hydrogens (tertiary/aromatic N) is 2. The third-order valence-electron chi connectivity index (χ3n) is 6.61. The number of hydrogen-bond donors (Lipinski definition) is 2. The van der Waals surface area contributed by atoms with Gasteiger partial charge in [-0.2, -0.15) is 0 Å². The van der Waals surface area contributed by atoms with E-state index < -0.39 is 10.0 Å². The first-order valence-electron chi connectivity index (χ1n) is 12.1. The molecule has 2 heterocycles. The minimum atomic E-state index is -3.56. The first-order chi connectivity index (χ1) is 17.4. The maximum Gasteiger partial charge on any atom is 0.262 e. The van der Waals surface area contributed by atoms with Gasteiger partial charge in [-0.15, -0.1) is 0 Å². The van der Waals surface area contributed by atoms with Gasteiger partial charge in [-0.25, -0.2) is 13.1 Å². The maximum atomic E-state index is 12.7. The monoisotopic (exact) mass is 528 g/mol. The predicted molar refractivity (Wildman–Crippen MR) is 143 cm³/mol. The molecule has 0 aliphatic carbocycles. The van der Waals surface area contributed by atoms with Crippen molar-refractivity contribution in [2.24, 2.45) is 0 Å². The second-order valence-corrected chi connectivity index (χ2v) is 11.3. The molecule has 10 heteroatoms. The van der Waals surface area contributed by atoms with Crippen molar-refractivity contribution in [3.8, 4) is 5.75 Å². The fourth-order valence-corrected chi connectivity index (χ4v) is 5.96. The summed E-state index contributed by atoms with van der Waals surface area (Å²) in [6, 6.07) is 16.3. The Hall–Kier alpha value is -2.85. The Morgan fingerprint density at radius 1 is 0.972 bits per heavy atom. The number of amides is 1. The number of fused-ring (bicyclic) bond motifs is 2. The lowest BCUT2D eigenvalue weighted by atomic mass is 10.1. The Morgan fingerprint density at radius 2 is 1.75 bits per heavy atom. The van der Waals surface area contributed by atoms with Crippen LogP contribution in [0, 0.1) is 0 Å². The molecule has 0 bridgehead atoms. The SMILES string of the molecule is O=C1COc2c(cccc2N2CCN(CCCCNS(=O)(=O)c3ccc4cc(Cl)ccc4c3)CC2)N1. The molecule has 1 fully saturated rings. The van der Waals surface area contributed by atoms with Crippen molar-refractivity contribution in [3.63, 3.8) is 0 Å². The van der Waals surface area contributed by atoms with E-state index in [0.29, 0.717) is 11.6 Å². The molecule has 190 valence electrons. The number of rotatable bonds is 8. The number of carbonyl (C=O) groups is 1. The Kier molecular flexibility index (Phi) is 7.34. The summed E-state index contributed by atoms with van der Waals surface area (Å²) in [5.41, 5.74) is 1.74. The van der Waals surface area contributed by atoms with Gasteiger partial charge >= 0.3 is 0 Å². The average molecular weight is 529 g/mol. The number of piperazine rings is 1. The van der Waals surface area contributed by atoms with Crippen LogP contribution in [0.1, 0.15) is 12.8 Å². The Balaban J connectivity index is 1.06. The highest BCUT2D eigenvalue weighted by atomic mass is 35.5. The van der Waals surface area contributed by atoms with Crippen molar-refractivity contribution in [1.29, 1.82) is 0 Å². The number of nitrogens with one attached hydrogen (secondary N) is 2. The molecule has 5 rings (SSSR count). The number of ether oxygens (including phenoxy) is 1. The summed E-state index contributed by atoms with van der Waals surface area (Å²) in [5, 5.41) is 5.24. The van der Waals surface area contributed by atoms with Gasteiger partial charge in [0.2, 0.25) is 10.0 Å². The summed E-state index contributed by atoms with van der Waals surface area (Å²) in [4.78, 5) is 16.5. The number of sulfonamides is 1. The topological polar surface area (TPSA) is 91.0 Å². The van der Waals surface area contributed by atoms with Gasteiger partial charge in [0.25, 0.3) is 5.91 Å². The highest BCUT2D eigenvalue weighted by Gasteiger charge is 2.24. The molecule has 2 N–H and O–H groups in total. The molecule has 0 atom stereocenters. The van der Waals surface area contributed by atoms with Crippen LogP contribution in [0.25, 0.3) is 10.8 Å². The molecule has 3 aromatic carbocycles. The van der Waals surface area contributed by atoms with Gasteiger partial charge in [0, 0.05) is 37.7 Å². The van der Waals surface area contributed by atoms with Crippen LogP contribution in [0.5, 0.6) is 5.75 Å². The highest BCUT2D eigenvalue weighted by molar-refractivity contribution is 7.89. The van der Waals surface area contributed by atoms with Crippen LogP contribution in [-0.4, -0.2) is 65.1 Å². The van der Waals surface area contributed by atoms with Crippen molar-refractivity contribution >= 4 is 49.7 Å². The Labute approximate surface area is 216 Å². The third-order valence-corrected chi connectivity index (χ3v) is 8.30. The van der Waals surface area contributed by atoms with Crippen molar-refractivity contribution in [2.45, 2.75) is 17.7 Å². The maximum absolute atomic E-state index is 12.7. The molecule has 0 unspecified atom stereocenters. The zero-order valence-electron chi connectivity index (χ0n) is 19.9. The molecule has 2 aliphatic rings. The zero-order valence-corrected chi connectivity index (χ0v) is 21.4. The molecule has 3 aromatic rings. The molecular formula is C26H29ClN4O4S. The van der Waals surface area contributed by atoms with E-state index in [0.717, 1.165) is 73.5 Å². The summed E-state index contributed by atoms with van der Waals surface area (Å²) in [5.74, 6) is 0.613. The largest absolute Gasteiger partial charge is 0.479 e. The van der Waals surface area contributed by atoms with Gasteiger partial charge in [-0.1, -0.05) is 29.8 Å². The average Bonchev–Trinajstić information content (AvgIpc) is 2.88. The standard InChI is InChI=1S/C26H29ClN4O4S/c27-21-8-6-20-17-22(9-7-19(20)16-21)36(33,34)28-10-1-2-11-30-12-14-31(15-13-30)24-5-3-4-23-26(24)35-18-25(32)29-23/h3-9,16-17,28H,1-2,10-15,18H2,(H,29,32). The first kappa shape index (κ1) is 24.8. The minimum Gasteiger partial charge on any atom is -0.479 e. The summed E-state index contributed by atoms with van der Waals surface area (Å²) in [6.45, 7) is 4.95. The number of para-hydroxylation sites is 1. The first-order valence-corrected chi connectivity index (χ1v) is 14.0. The second kappa shape index (κ2) is 10.6. The summed E-state index contributed by atoms with van der Waals surface area (Å²) in [6.07, 6.45) is 1.68. The van der Waals surface area contributed by atoms with Crippen molar-refractivity contribution < 1.29 is 17.9 Å². The van der Waals surface area contributed by atoms with E-state index in [1.807, 2.05) is 30.3 Å². The van der Waals surface area contributed by atoms with Gasteiger partial charge < -0.3 is 15.0 Å². The number of benzene rings is 3.